The second-order valence-corrected chi connectivity index (χ2v) is 5.31. The van der Waals surface area contributed by atoms with Crippen LogP contribution < -0.4 is 5.32 Å². The lowest BCUT2D eigenvalue weighted by atomic mass is 9.84. The van der Waals surface area contributed by atoms with Crippen LogP contribution in [-0.2, 0) is 4.79 Å². The maximum atomic E-state index is 11.7. The number of carbonyl (C=O) groups is 2. The average molecular weight is 268 g/mol. The van der Waals surface area contributed by atoms with Crippen molar-refractivity contribution in [2.45, 2.75) is 40.0 Å². The molecule has 0 saturated heterocycles. The van der Waals surface area contributed by atoms with Gasteiger partial charge >= 0.3 is 5.97 Å². The van der Waals surface area contributed by atoms with Crippen LogP contribution in [0.3, 0.4) is 0 Å². The van der Waals surface area contributed by atoms with Crippen LogP contribution in [0, 0.1) is 12.3 Å². The molecule has 3 N–H and O–H groups in total. The number of nitrogens with one attached hydrogen (secondary N) is 2. The minimum Gasteiger partial charge on any atom is -0.481 e. The number of carbonyl (C=O) groups excluding carboxylic acids is 1. The van der Waals surface area contributed by atoms with Crippen LogP contribution in [-0.4, -0.2) is 38.7 Å². The molecule has 0 aliphatic heterocycles. The van der Waals surface area contributed by atoms with Crippen LogP contribution >= 0.6 is 0 Å². The van der Waals surface area contributed by atoms with Gasteiger partial charge in [-0.25, -0.2) is 4.98 Å². The Morgan fingerprint density at radius 3 is 2.58 bits per heavy atom. The maximum absolute atomic E-state index is 11.7. The standard InChI is InChI=1S/C12H20N4O3/c1-8-14-10(16-15-8)11(19)13-7-6-12(2,3)5-4-9(17)18/h4-7H2,1-3H3,(H,13,19)(H,17,18)(H,14,15,16). The summed E-state index contributed by atoms with van der Waals surface area (Å²) in [5.41, 5.74) is -0.124. The van der Waals surface area contributed by atoms with Gasteiger partial charge in [0.2, 0.25) is 5.82 Å². The monoisotopic (exact) mass is 268 g/mol. The van der Waals surface area contributed by atoms with E-state index in [-0.39, 0.29) is 23.6 Å². The van der Waals surface area contributed by atoms with Gasteiger partial charge in [-0.15, -0.1) is 5.10 Å². The van der Waals surface area contributed by atoms with E-state index in [9.17, 15) is 9.59 Å². The Kier molecular flexibility index (Phi) is 5.02. The summed E-state index contributed by atoms with van der Waals surface area (Å²) in [7, 11) is 0. The fourth-order valence-corrected chi connectivity index (χ4v) is 1.61. The third kappa shape index (κ3) is 5.50. The summed E-state index contributed by atoms with van der Waals surface area (Å²) in [6.07, 6.45) is 1.43. The zero-order valence-corrected chi connectivity index (χ0v) is 11.5. The lowest BCUT2D eigenvalue weighted by molar-refractivity contribution is -0.137. The molecule has 1 aromatic rings. The van der Waals surface area contributed by atoms with Crippen LogP contribution in [0.5, 0.6) is 0 Å². The van der Waals surface area contributed by atoms with Crippen LogP contribution in [0.1, 0.15) is 49.6 Å². The van der Waals surface area contributed by atoms with Crippen molar-refractivity contribution in [3.05, 3.63) is 11.6 Å². The summed E-state index contributed by atoms with van der Waals surface area (Å²) in [6, 6.07) is 0. The number of aliphatic carboxylic acids is 1. The fourth-order valence-electron chi connectivity index (χ4n) is 1.61. The van der Waals surface area contributed by atoms with Crippen LogP contribution in [0.2, 0.25) is 0 Å². The summed E-state index contributed by atoms with van der Waals surface area (Å²) in [5, 5.41) is 17.7. The van der Waals surface area contributed by atoms with Crippen molar-refractivity contribution in [1.82, 2.24) is 20.5 Å². The van der Waals surface area contributed by atoms with E-state index in [1.165, 1.54) is 0 Å². The summed E-state index contributed by atoms with van der Waals surface area (Å²) >= 11 is 0. The molecule has 0 aliphatic carbocycles. The molecule has 7 nitrogen and oxygen atoms in total. The number of aromatic amines is 1. The third-order valence-electron chi connectivity index (χ3n) is 2.90. The predicted octanol–water partition coefficient (Wildman–Crippen LogP) is 1.12. The summed E-state index contributed by atoms with van der Waals surface area (Å²) in [6.45, 7) is 6.16. The number of rotatable bonds is 7. The fraction of sp³-hybridized carbons (Fsp3) is 0.667. The second kappa shape index (κ2) is 6.31. The first-order valence-electron chi connectivity index (χ1n) is 6.19. The van der Waals surface area contributed by atoms with Crippen LogP contribution in [0.25, 0.3) is 0 Å². The normalized spacial score (nSPS) is 11.3. The van der Waals surface area contributed by atoms with Gasteiger partial charge in [0.15, 0.2) is 0 Å². The molecule has 7 heteroatoms. The van der Waals surface area contributed by atoms with Gasteiger partial charge in [0.05, 0.1) is 0 Å². The molecule has 1 rings (SSSR count). The van der Waals surface area contributed by atoms with Gasteiger partial charge in [0, 0.05) is 13.0 Å². The largest absolute Gasteiger partial charge is 0.481 e. The quantitative estimate of drug-likeness (QED) is 0.686. The molecule has 19 heavy (non-hydrogen) atoms. The minimum atomic E-state index is -0.798. The van der Waals surface area contributed by atoms with Gasteiger partial charge in [0.25, 0.3) is 5.91 Å². The molecule has 0 spiro atoms. The molecule has 0 bridgehead atoms. The molecule has 106 valence electrons. The Morgan fingerprint density at radius 1 is 1.37 bits per heavy atom. The Bertz CT molecular complexity index is 454. The third-order valence-corrected chi connectivity index (χ3v) is 2.90. The Balaban J connectivity index is 2.33. The topological polar surface area (TPSA) is 108 Å². The number of amides is 1. The van der Waals surface area contributed by atoms with Gasteiger partial charge in [-0.2, -0.15) is 0 Å². The molecule has 0 fully saturated rings. The summed E-state index contributed by atoms with van der Waals surface area (Å²) in [5.74, 6) is -0.403. The predicted molar refractivity (Wildman–Crippen MR) is 68.7 cm³/mol. The van der Waals surface area contributed by atoms with E-state index in [4.69, 9.17) is 5.11 Å². The van der Waals surface area contributed by atoms with Crippen molar-refractivity contribution < 1.29 is 14.7 Å². The van der Waals surface area contributed by atoms with Crippen LogP contribution in [0.15, 0.2) is 0 Å². The molecule has 0 aromatic carbocycles. The molecular weight excluding hydrogens is 248 g/mol. The number of nitrogens with zero attached hydrogens (tertiary/aromatic N) is 2. The Morgan fingerprint density at radius 2 is 2.05 bits per heavy atom. The van der Waals surface area contributed by atoms with Gasteiger partial charge in [0.1, 0.15) is 5.82 Å². The zero-order valence-electron chi connectivity index (χ0n) is 11.5. The summed E-state index contributed by atoms with van der Waals surface area (Å²) < 4.78 is 0. The zero-order chi connectivity index (χ0) is 14.5. The van der Waals surface area contributed by atoms with Crippen molar-refractivity contribution >= 4 is 11.9 Å². The van der Waals surface area contributed by atoms with E-state index in [1.54, 1.807) is 6.92 Å². The van der Waals surface area contributed by atoms with E-state index in [0.717, 1.165) is 0 Å². The first kappa shape index (κ1) is 15.1. The van der Waals surface area contributed by atoms with E-state index in [2.05, 4.69) is 20.5 Å². The van der Waals surface area contributed by atoms with E-state index in [1.807, 2.05) is 13.8 Å². The number of carboxylic acids is 1. The van der Waals surface area contributed by atoms with Crippen molar-refractivity contribution in [2.75, 3.05) is 6.54 Å². The molecule has 0 unspecified atom stereocenters. The van der Waals surface area contributed by atoms with Crippen molar-refractivity contribution in [2.24, 2.45) is 5.41 Å². The first-order chi connectivity index (χ1) is 8.80. The van der Waals surface area contributed by atoms with Gasteiger partial charge < -0.3 is 10.4 Å². The van der Waals surface area contributed by atoms with Crippen molar-refractivity contribution in [3.63, 3.8) is 0 Å². The molecule has 0 radical (unpaired) electrons. The molecule has 1 aromatic heterocycles. The molecular formula is C12H20N4O3. The number of hydrogen-bond acceptors (Lipinski definition) is 4. The number of H-pyrrole nitrogens is 1. The molecule has 0 aliphatic rings. The van der Waals surface area contributed by atoms with Crippen LogP contribution in [0.4, 0.5) is 0 Å². The molecule has 1 amide bonds. The molecule has 0 atom stereocenters. The smallest absolute Gasteiger partial charge is 0.303 e. The van der Waals surface area contributed by atoms with Gasteiger partial charge in [-0.05, 0) is 25.2 Å². The molecule has 1 heterocycles. The first-order valence-corrected chi connectivity index (χ1v) is 6.19. The van der Waals surface area contributed by atoms with Gasteiger partial charge in [-0.3, -0.25) is 14.7 Å². The van der Waals surface area contributed by atoms with Crippen molar-refractivity contribution in [3.8, 4) is 0 Å². The molecule has 0 saturated carbocycles. The Hall–Kier alpha value is -1.92. The number of hydrogen-bond donors (Lipinski definition) is 3. The summed E-state index contributed by atoms with van der Waals surface area (Å²) in [4.78, 5) is 26.1. The highest BCUT2D eigenvalue weighted by Crippen LogP contribution is 2.25. The van der Waals surface area contributed by atoms with E-state index in [0.29, 0.717) is 25.2 Å². The van der Waals surface area contributed by atoms with E-state index < -0.39 is 5.97 Å². The number of aryl methyl sites for hydroxylation is 1. The van der Waals surface area contributed by atoms with E-state index >= 15 is 0 Å². The van der Waals surface area contributed by atoms with Crippen molar-refractivity contribution in [1.29, 1.82) is 0 Å². The highest BCUT2D eigenvalue weighted by molar-refractivity contribution is 5.90. The highest BCUT2D eigenvalue weighted by Gasteiger charge is 2.20. The number of aromatic nitrogens is 3. The average Bonchev–Trinajstić information content (AvgIpc) is 2.73. The Labute approximate surface area is 111 Å². The minimum absolute atomic E-state index is 0.124. The second-order valence-electron chi connectivity index (χ2n) is 5.31. The van der Waals surface area contributed by atoms with Gasteiger partial charge in [-0.1, -0.05) is 13.8 Å². The highest BCUT2D eigenvalue weighted by atomic mass is 16.4. The number of carboxylic acid groups (broad SMARTS) is 1. The maximum Gasteiger partial charge on any atom is 0.303 e. The lowest BCUT2D eigenvalue weighted by Gasteiger charge is -2.23. The lowest BCUT2D eigenvalue weighted by Crippen LogP contribution is -2.29. The SMILES string of the molecule is Cc1nc(C(=O)NCCC(C)(C)CCC(=O)O)n[nH]1.